The van der Waals surface area contributed by atoms with Crippen LogP contribution in [-0.4, -0.2) is 27.8 Å². The predicted molar refractivity (Wildman–Crippen MR) is 82.3 cm³/mol. The standard InChI is InChI=1S/C16H23F3N4O/c17-16(18,19)12-5-1-2-6-13(12)22-15(24)20-9-11-10-23-8-4-3-7-14(23)21-11/h10,12-13H,1-9H2,(H2,20,22,24)/t12-,13+/m0/s1. The highest BCUT2D eigenvalue weighted by molar-refractivity contribution is 5.74. The number of nitrogens with zero attached hydrogens (tertiary/aromatic N) is 2. The number of aromatic nitrogens is 2. The van der Waals surface area contributed by atoms with E-state index in [1.54, 1.807) is 0 Å². The van der Waals surface area contributed by atoms with Gasteiger partial charge < -0.3 is 15.2 Å². The molecule has 2 aliphatic rings. The largest absolute Gasteiger partial charge is 0.393 e. The Morgan fingerprint density at radius 1 is 1.25 bits per heavy atom. The number of carbonyl (C=O) groups is 1. The third-order valence-electron chi connectivity index (χ3n) is 4.89. The summed E-state index contributed by atoms with van der Waals surface area (Å²) < 4.78 is 41.2. The van der Waals surface area contributed by atoms with Crippen molar-refractivity contribution in [3.05, 3.63) is 17.7 Å². The minimum absolute atomic E-state index is 0.0855. The van der Waals surface area contributed by atoms with Crippen molar-refractivity contribution in [3.8, 4) is 0 Å². The Hall–Kier alpha value is -1.73. The Labute approximate surface area is 139 Å². The summed E-state index contributed by atoms with van der Waals surface area (Å²) >= 11 is 0. The highest BCUT2D eigenvalue weighted by Gasteiger charge is 2.45. The molecule has 0 radical (unpaired) electrons. The van der Waals surface area contributed by atoms with Crippen LogP contribution >= 0.6 is 0 Å². The van der Waals surface area contributed by atoms with E-state index in [1.807, 2.05) is 6.20 Å². The SMILES string of the molecule is O=C(NCc1cn2c(n1)CCCC2)N[C@@H]1CCCC[C@@H]1C(F)(F)F. The summed E-state index contributed by atoms with van der Waals surface area (Å²) in [6.45, 7) is 1.17. The van der Waals surface area contributed by atoms with Crippen molar-refractivity contribution >= 4 is 6.03 Å². The van der Waals surface area contributed by atoms with Gasteiger partial charge in [0.1, 0.15) is 5.82 Å². The third-order valence-corrected chi connectivity index (χ3v) is 4.89. The molecule has 1 aromatic rings. The lowest BCUT2D eigenvalue weighted by Gasteiger charge is -2.33. The Kier molecular flexibility index (Phi) is 5.01. The molecule has 24 heavy (non-hydrogen) atoms. The summed E-state index contributed by atoms with van der Waals surface area (Å²) in [5.41, 5.74) is 0.748. The molecule has 134 valence electrons. The van der Waals surface area contributed by atoms with Gasteiger partial charge in [0, 0.05) is 25.2 Å². The van der Waals surface area contributed by atoms with Crippen molar-refractivity contribution in [1.29, 1.82) is 0 Å². The average molecular weight is 344 g/mol. The van der Waals surface area contributed by atoms with Gasteiger partial charge in [-0.1, -0.05) is 12.8 Å². The van der Waals surface area contributed by atoms with E-state index in [-0.39, 0.29) is 13.0 Å². The van der Waals surface area contributed by atoms with Gasteiger partial charge in [-0.2, -0.15) is 13.2 Å². The van der Waals surface area contributed by atoms with Gasteiger partial charge in [0.25, 0.3) is 0 Å². The number of hydrogen-bond acceptors (Lipinski definition) is 2. The van der Waals surface area contributed by atoms with Crippen LogP contribution in [0.2, 0.25) is 0 Å². The molecular weight excluding hydrogens is 321 g/mol. The van der Waals surface area contributed by atoms with Crippen molar-refractivity contribution in [3.63, 3.8) is 0 Å². The maximum atomic E-state index is 13.0. The summed E-state index contributed by atoms with van der Waals surface area (Å²) in [7, 11) is 0. The first-order valence-corrected chi connectivity index (χ1v) is 8.59. The number of rotatable bonds is 3. The minimum Gasteiger partial charge on any atom is -0.335 e. The molecule has 1 aliphatic carbocycles. The predicted octanol–water partition coefficient (Wildman–Crippen LogP) is 3.14. The maximum Gasteiger partial charge on any atom is 0.393 e. The fourth-order valence-corrected chi connectivity index (χ4v) is 3.64. The monoisotopic (exact) mass is 344 g/mol. The Morgan fingerprint density at radius 2 is 2.04 bits per heavy atom. The summed E-state index contributed by atoms with van der Waals surface area (Å²) in [5.74, 6) is -0.431. The molecule has 2 N–H and O–H groups in total. The zero-order valence-electron chi connectivity index (χ0n) is 13.5. The van der Waals surface area contributed by atoms with E-state index in [0.29, 0.717) is 19.3 Å². The normalized spacial score (nSPS) is 24.3. The smallest absolute Gasteiger partial charge is 0.335 e. The molecule has 2 atom stereocenters. The maximum absolute atomic E-state index is 13.0. The first-order chi connectivity index (χ1) is 11.4. The van der Waals surface area contributed by atoms with Gasteiger partial charge in [0.05, 0.1) is 18.2 Å². The van der Waals surface area contributed by atoms with E-state index in [2.05, 4.69) is 20.2 Å². The number of hydrogen-bond donors (Lipinski definition) is 2. The van der Waals surface area contributed by atoms with Crippen LogP contribution in [0, 0.1) is 5.92 Å². The summed E-state index contributed by atoms with van der Waals surface area (Å²) in [6.07, 6.45) is 2.55. The highest BCUT2D eigenvalue weighted by atomic mass is 19.4. The van der Waals surface area contributed by atoms with Crippen molar-refractivity contribution in [2.45, 2.75) is 70.3 Å². The molecule has 1 fully saturated rings. The zero-order valence-corrected chi connectivity index (χ0v) is 13.5. The third kappa shape index (κ3) is 4.02. The summed E-state index contributed by atoms with van der Waals surface area (Å²) in [6, 6.07) is -1.39. The summed E-state index contributed by atoms with van der Waals surface area (Å²) in [4.78, 5) is 16.4. The number of imidazole rings is 1. The average Bonchev–Trinajstić information content (AvgIpc) is 2.95. The molecule has 2 heterocycles. The van der Waals surface area contributed by atoms with E-state index in [1.165, 1.54) is 0 Å². The fourth-order valence-electron chi connectivity index (χ4n) is 3.64. The van der Waals surface area contributed by atoms with E-state index in [0.717, 1.165) is 37.3 Å². The highest BCUT2D eigenvalue weighted by Crippen LogP contribution is 2.37. The van der Waals surface area contributed by atoms with Crippen LogP contribution in [0.25, 0.3) is 0 Å². The van der Waals surface area contributed by atoms with Gasteiger partial charge >= 0.3 is 12.2 Å². The number of halogens is 3. The molecule has 0 aromatic carbocycles. The Bertz CT molecular complexity index is 561. The van der Waals surface area contributed by atoms with Crippen molar-refractivity contribution < 1.29 is 18.0 Å². The zero-order chi connectivity index (χ0) is 17.2. The second kappa shape index (κ2) is 7.03. The lowest BCUT2D eigenvalue weighted by molar-refractivity contribution is -0.187. The molecular formula is C16H23F3N4O. The van der Waals surface area contributed by atoms with Crippen LogP contribution in [0.4, 0.5) is 18.0 Å². The van der Waals surface area contributed by atoms with Crippen molar-refractivity contribution in [2.24, 2.45) is 5.92 Å². The second-order valence-corrected chi connectivity index (χ2v) is 6.67. The molecule has 1 aromatic heterocycles. The van der Waals surface area contributed by atoms with Gasteiger partial charge in [-0.05, 0) is 25.7 Å². The van der Waals surface area contributed by atoms with Crippen LogP contribution in [0.15, 0.2) is 6.20 Å². The summed E-state index contributed by atoms with van der Waals surface area (Å²) in [5, 5.41) is 5.14. The Morgan fingerprint density at radius 3 is 2.79 bits per heavy atom. The van der Waals surface area contributed by atoms with Crippen molar-refractivity contribution in [2.75, 3.05) is 0 Å². The molecule has 1 aliphatic heterocycles. The van der Waals surface area contributed by atoms with Gasteiger partial charge in [0.2, 0.25) is 0 Å². The van der Waals surface area contributed by atoms with E-state index in [4.69, 9.17) is 0 Å². The van der Waals surface area contributed by atoms with Crippen LogP contribution < -0.4 is 10.6 Å². The number of aryl methyl sites for hydroxylation is 2. The Balaban J connectivity index is 1.52. The van der Waals surface area contributed by atoms with Crippen LogP contribution in [0.5, 0.6) is 0 Å². The van der Waals surface area contributed by atoms with Gasteiger partial charge in [-0.15, -0.1) is 0 Å². The molecule has 3 rings (SSSR count). The number of carbonyl (C=O) groups excluding carboxylic acids is 1. The number of alkyl halides is 3. The number of urea groups is 1. The minimum atomic E-state index is -4.26. The molecule has 2 amide bonds. The fraction of sp³-hybridized carbons (Fsp3) is 0.750. The first-order valence-electron chi connectivity index (χ1n) is 8.59. The van der Waals surface area contributed by atoms with Crippen LogP contribution in [-0.2, 0) is 19.5 Å². The van der Waals surface area contributed by atoms with Crippen molar-refractivity contribution in [1.82, 2.24) is 20.2 Å². The topological polar surface area (TPSA) is 59.0 Å². The molecule has 0 bridgehead atoms. The number of amides is 2. The van der Waals surface area contributed by atoms with E-state index >= 15 is 0 Å². The second-order valence-electron chi connectivity index (χ2n) is 6.67. The lowest BCUT2D eigenvalue weighted by Crippen LogP contribution is -2.50. The molecule has 8 heteroatoms. The molecule has 1 saturated carbocycles. The molecule has 0 spiro atoms. The van der Waals surface area contributed by atoms with E-state index < -0.39 is 24.2 Å². The number of nitrogens with one attached hydrogen (secondary N) is 2. The molecule has 0 unspecified atom stereocenters. The molecule has 0 saturated heterocycles. The van der Waals surface area contributed by atoms with Crippen LogP contribution in [0.3, 0.4) is 0 Å². The quantitative estimate of drug-likeness (QED) is 0.885. The van der Waals surface area contributed by atoms with Crippen LogP contribution in [0.1, 0.15) is 50.0 Å². The van der Waals surface area contributed by atoms with Gasteiger partial charge in [-0.25, -0.2) is 9.78 Å². The lowest BCUT2D eigenvalue weighted by atomic mass is 9.84. The molecule has 5 nitrogen and oxygen atoms in total. The van der Waals surface area contributed by atoms with E-state index in [9.17, 15) is 18.0 Å². The van der Waals surface area contributed by atoms with Gasteiger partial charge in [0.15, 0.2) is 0 Å². The number of fused-ring (bicyclic) bond motifs is 1. The van der Waals surface area contributed by atoms with Gasteiger partial charge in [-0.3, -0.25) is 0 Å². The first kappa shape index (κ1) is 17.1.